The van der Waals surface area contributed by atoms with Crippen molar-refractivity contribution in [2.45, 2.75) is 70.1 Å². The molecule has 0 N–H and O–H groups in total. The molecule has 195 valence electrons. The topological polar surface area (TPSA) is 0 Å². The Morgan fingerprint density at radius 3 is 2.05 bits per heavy atom. The van der Waals surface area contributed by atoms with E-state index in [1.165, 1.54) is 39.8 Å². The third kappa shape index (κ3) is 6.01. The average Bonchev–Trinajstić information content (AvgIpc) is 3.64. The van der Waals surface area contributed by atoms with Gasteiger partial charge in [0.25, 0.3) is 0 Å². The van der Waals surface area contributed by atoms with E-state index in [9.17, 15) is 0 Å². The van der Waals surface area contributed by atoms with Gasteiger partial charge >= 0.3 is 75.4 Å². The van der Waals surface area contributed by atoms with Gasteiger partial charge in [0.2, 0.25) is 0 Å². The van der Waals surface area contributed by atoms with Crippen molar-refractivity contribution in [2.75, 3.05) is 0 Å². The predicted octanol–water partition coefficient (Wildman–Crippen LogP) is 7.55. The maximum atomic E-state index is 2.79. The Labute approximate surface area is 297 Å². The van der Waals surface area contributed by atoms with Crippen molar-refractivity contribution in [3.63, 3.8) is 0 Å². The van der Waals surface area contributed by atoms with Gasteiger partial charge in [-0.05, 0) is 70.9 Å². The zero-order valence-corrected chi connectivity index (χ0v) is 22.6. The summed E-state index contributed by atoms with van der Waals surface area (Å²) in [5, 5.41) is 0. The zero-order valence-electron chi connectivity index (χ0n) is 22.6. The van der Waals surface area contributed by atoms with Gasteiger partial charge in [-0.15, -0.1) is 0 Å². The van der Waals surface area contributed by atoms with Crippen LogP contribution >= 0.6 is 0 Å². The molecule has 0 aliphatic heterocycles. The number of allylic oxidation sites excluding steroid dienone is 3. The molecule has 3 aromatic carbocycles. The van der Waals surface area contributed by atoms with E-state index in [0.717, 1.165) is 25.7 Å². The molecule has 0 aromatic heterocycles. The minimum absolute atomic E-state index is 0. The van der Waals surface area contributed by atoms with Crippen LogP contribution < -0.4 is 0 Å². The molecule has 0 amide bonds. The quantitative estimate of drug-likeness (QED) is 0.258. The van der Waals surface area contributed by atoms with Gasteiger partial charge < -0.3 is 0 Å². The summed E-state index contributed by atoms with van der Waals surface area (Å²) in [4.78, 5) is 0. The number of fused-ring (bicyclic) bond motifs is 3. The molecule has 4 unspecified atom stereocenters. The van der Waals surface area contributed by atoms with Crippen LogP contribution in [0.2, 0.25) is 0 Å². The molecule has 3 aliphatic carbocycles. The Morgan fingerprint density at radius 1 is 0.732 bits per heavy atom. The molecule has 0 spiro atoms. The number of rotatable bonds is 9. The van der Waals surface area contributed by atoms with Crippen LogP contribution in [0.1, 0.15) is 98.1 Å². The summed E-state index contributed by atoms with van der Waals surface area (Å²) >= 11 is 0. The van der Waals surface area contributed by atoms with E-state index in [2.05, 4.69) is 130 Å². The Bertz CT molecular complexity index is 1400. The summed E-state index contributed by atoms with van der Waals surface area (Å²) in [6.07, 6.45) is 20.7. The van der Waals surface area contributed by atoms with Crippen molar-refractivity contribution in [1.82, 2.24) is 0 Å². The summed E-state index contributed by atoms with van der Waals surface area (Å²) < 4.78 is 0. The van der Waals surface area contributed by atoms with Crippen LogP contribution in [-0.2, 0) is 5.41 Å². The van der Waals surface area contributed by atoms with Gasteiger partial charge in [-0.1, -0.05) is 136 Å². The molecule has 0 heterocycles. The van der Waals surface area contributed by atoms with Crippen molar-refractivity contribution >= 4 is 93.7 Å². The first-order valence-corrected chi connectivity index (χ1v) is 14.4. The zero-order chi connectivity index (χ0) is 25.5. The second-order valence-electron chi connectivity index (χ2n) is 11.2. The van der Waals surface area contributed by atoms with Gasteiger partial charge in [0.15, 0.2) is 0 Å². The Kier molecular flexibility index (Phi) is 13.6. The Hall–Kier alpha value is -0.730. The van der Waals surface area contributed by atoms with Gasteiger partial charge in [0.05, 0.1) is 0 Å². The second-order valence-corrected chi connectivity index (χ2v) is 11.2. The maximum absolute atomic E-state index is 2.79. The van der Waals surface area contributed by atoms with Gasteiger partial charge in [-0.2, -0.15) is 0 Å². The van der Waals surface area contributed by atoms with Crippen LogP contribution in [0.3, 0.4) is 0 Å². The van der Waals surface area contributed by atoms with E-state index in [1.807, 2.05) is 0 Å². The molecule has 41 heavy (non-hydrogen) atoms. The summed E-state index contributed by atoms with van der Waals surface area (Å²) in [5.41, 5.74) is 10.3. The van der Waals surface area contributed by atoms with Crippen LogP contribution in [0.4, 0.5) is 0 Å². The number of hydrogen-bond acceptors (Lipinski definition) is 0. The van der Waals surface area contributed by atoms with Crippen LogP contribution in [0.25, 0.3) is 18.2 Å². The number of benzene rings is 3. The summed E-state index contributed by atoms with van der Waals surface area (Å²) in [5.74, 6) is 0.841. The molecular weight excluding hydrogens is 472 g/mol. The van der Waals surface area contributed by atoms with E-state index < -0.39 is 0 Å². The normalized spacial score (nSPS) is 22.1. The van der Waals surface area contributed by atoms with E-state index in [-0.39, 0.29) is 86.3 Å². The standard InChI is InChI=1S/C37H39.4Li.4H/c1-4-23-37(25-22-30-14-9-12-18-34(30)37)36(6-3,24-21-29-20-19-28-13-7-10-16-32(28)29)35-27(5-2)26-31-15-8-11-17-33(31)35;;;;;;;;/h7-20,22,24-26,29,35H,4-6,21,23H2,1-3H3;;;;;;;;. The molecule has 0 saturated heterocycles. The first-order valence-electron chi connectivity index (χ1n) is 14.4. The fraction of sp³-hybridized carbons (Fsp3) is 0.324. The number of hydrogen-bond donors (Lipinski definition) is 0. The predicted molar refractivity (Wildman–Crippen MR) is 188 cm³/mol. The fourth-order valence-corrected chi connectivity index (χ4v) is 8.01. The van der Waals surface area contributed by atoms with E-state index in [4.69, 9.17) is 0 Å². The molecule has 3 aliphatic rings. The molecule has 0 bridgehead atoms. The van der Waals surface area contributed by atoms with Crippen molar-refractivity contribution in [3.8, 4) is 0 Å². The molecule has 4 atom stereocenters. The van der Waals surface area contributed by atoms with E-state index in [1.54, 1.807) is 5.57 Å². The second kappa shape index (κ2) is 15.3. The third-order valence-electron chi connectivity index (χ3n) is 9.63. The van der Waals surface area contributed by atoms with Crippen LogP contribution in [-0.4, -0.2) is 75.4 Å². The third-order valence-corrected chi connectivity index (χ3v) is 9.63. The summed E-state index contributed by atoms with van der Waals surface area (Å²) in [6.45, 7) is 7.17. The van der Waals surface area contributed by atoms with Crippen molar-refractivity contribution in [3.05, 3.63) is 130 Å². The van der Waals surface area contributed by atoms with Gasteiger partial charge in [-0.25, -0.2) is 0 Å². The molecule has 1 radical (unpaired) electrons. The fourth-order valence-electron chi connectivity index (χ4n) is 8.01. The Morgan fingerprint density at radius 2 is 1.37 bits per heavy atom. The van der Waals surface area contributed by atoms with Crippen LogP contribution in [0.15, 0.2) is 90.5 Å². The average molecular weight is 516 g/mol. The van der Waals surface area contributed by atoms with Crippen molar-refractivity contribution in [1.29, 1.82) is 0 Å². The molecule has 4 heteroatoms. The van der Waals surface area contributed by atoms with Crippen molar-refractivity contribution < 1.29 is 0 Å². The van der Waals surface area contributed by atoms with Crippen molar-refractivity contribution in [2.24, 2.45) is 5.41 Å². The first kappa shape index (κ1) is 36.5. The summed E-state index contributed by atoms with van der Waals surface area (Å²) in [6, 6.07) is 27.3. The Balaban J connectivity index is 0.00000147. The molecule has 0 nitrogen and oxygen atoms in total. The van der Waals surface area contributed by atoms with E-state index >= 15 is 0 Å². The molecule has 3 aromatic rings. The molecule has 0 saturated carbocycles. The SMILES string of the molecule is CCCC1(C([CH]CC2C=Cc3ccccc32)(CC)C2C(CC)=Cc3ccccc32)C=Cc2ccccc21.[LiH].[LiH].[LiH].[LiH]. The van der Waals surface area contributed by atoms with Gasteiger partial charge in [0, 0.05) is 17.3 Å². The minimum atomic E-state index is -0.0225. The van der Waals surface area contributed by atoms with Crippen LogP contribution in [0.5, 0.6) is 0 Å². The van der Waals surface area contributed by atoms with Gasteiger partial charge in [0.1, 0.15) is 0 Å². The monoisotopic (exact) mass is 515 g/mol. The van der Waals surface area contributed by atoms with Crippen LogP contribution in [0, 0.1) is 11.8 Å². The summed E-state index contributed by atoms with van der Waals surface area (Å²) in [7, 11) is 0. The first-order chi connectivity index (χ1) is 18.2. The molecule has 0 fully saturated rings. The van der Waals surface area contributed by atoms with E-state index in [0.29, 0.717) is 11.8 Å². The molecular formula is C37H43Li4. The molecule has 6 rings (SSSR count). The van der Waals surface area contributed by atoms with Gasteiger partial charge in [-0.3, -0.25) is 0 Å².